The number of nitrogens with zero attached hydrogens (tertiary/aromatic N) is 2. The van der Waals surface area contributed by atoms with Crippen molar-refractivity contribution >= 4 is 10.0 Å². The average molecular weight is 333 g/mol. The molecular weight excluding hydrogens is 310 g/mol. The van der Waals surface area contributed by atoms with Gasteiger partial charge in [-0.1, -0.05) is 31.5 Å². The van der Waals surface area contributed by atoms with E-state index in [4.69, 9.17) is 0 Å². The van der Waals surface area contributed by atoms with Crippen molar-refractivity contribution in [3.8, 4) is 5.69 Å². The second-order valence-corrected chi connectivity index (χ2v) is 9.06. The fraction of sp³-hybridized carbons (Fsp3) is 0.471. The van der Waals surface area contributed by atoms with Gasteiger partial charge in [-0.3, -0.25) is 0 Å². The lowest BCUT2D eigenvalue weighted by Gasteiger charge is -2.35. The second-order valence-electron chi connectivity index (χ2n) is 7.28. The highest BCUT2D eigenvalue weighted by Crippen LogP contribution is 2.41. The molecule has 1 atom stereocenters. The summed E-state index contributed by atoms with van der Waals surface area (Å²) >= 11 is 0. The molecule has 1 aliphatic carbocycles. The molecule has 3 rings (SSSR count). The average Bonchev–Trinajstić information content (AvgIpc) is 2.80. The molecule has 1 N–H and O–H groups in total. The van der Waals surface area contributed by atoms with Crippen LogP contribution in [0.5, 0.6) is 0 Å². The molecule has 2 aromatic rings. The predicted molar refractivity (Wildman–Crippen MR) is 91.1 cm³/mol. The highest BCUT2D eigenvalue weighted by atomic mass is 32.2. The van der Waals surface area contributed by atoms with Gasteiger partial charge in [-0.2, -0.15) is 5.10 Å². The third kappa shape index (κ3) is 3.48. The zero-order valence-corrected chi connectivity index (χ0v) is 14.8. The van der Waals surface area contributed by atoms with Crippen LogP contribution in [0.4, 0.5) is 0 Å². The Balaban J connectivity index is 2.06. The van der Waals surface area contributed by atoms with Gasteiger partial charge in [0.15, 0.2) is 0 Å². The largest absolute Gasteiger partial charge is 0.237 e. The molecule has 5 nitrogen and oxygen atoms in total. The van der Waals surface area contributed by atoms with E-state index < -0.39 is 10.0 Å². The third-order valence-corrected chi connectivity index (χ3v) is 5.03. The first-order valence-electron chi connectivity index (χ1n) is 7.76. The molecule has 0 unspecified atom stereocenters. The highest BCUT2D eigenvalue weighted by molar-refractivity contribution is 7.88. The minimum absolute atomic E-state index is 0.0117. The normalized spacial score (nSPS) is 20.3. The van der Waals surface area contributed by atoms with Gasteiger partial charge in [0.1, 0.15) is 0 Å². The van der Waals surface area contributed by atoms with Crippen molar-refractivity contribution in [3.63, 3.8) is 0 Å². The van der Waals surface area contributed by atoms with Gasteiger partial charge in [-0.05, 0) is 37.3 Å². The highest BCUT2D eigenvalue weighted by Gasteiger charge is 2.36. The monoisotopic (exact) mass is 333 g/mol. The van der Waals surface area contributed by atoms with E-state index in [1.807, 2.05) is 16.8 Å². The van der Waals surface area contributed by atoms with Crippen LogP contribution in [0.15, 0.2) is 30.5 Å². The van der Waals surface area contributed by atoms with Gasteiger partial charge in [0.05, 0.1) is 24.2 Å². The Labute approximate surface area is 137 Å². The number of fused-ring (bicyclic) bond motifs is 1. The van der Waals surface area contributed by atoms with Crippen LogP contribution >= 0.6 is 0 Å². The number of aryl methyl sites for hydroxylation is 1. The van der Waals surface area contributed by atoms with E-state index in [0.29, 0.717) is 0 Å². The van der Waals surface area contributed by atoms with Crippen molar-refractivity contribution in [1.29, 1.82) is 0 Å². The Bertz CT molecular complexity index is 820. The topological polar surface area (TPSA) is 64.0 Å². The second kappa shape index (κ2) is 5.46. The van der Waals surface area contributed by atoms with Crippen LogP contribution < -0.4 is 4.72 Å². The summed E-state index contributed by atoms with van der Waals surface area (Å²) in [6, 6.07) is 7.99. The first-order chi connectivity index (χ1) is 10.6. The molecule has 0 fully saturated rings. The molecular formula is C17H23N3O2S. The van der Waals surface area contributed by atoms with Gasteiger partial charge in [-0.15, -0.1) is 0 Å². The first kappa shape index (κ1) is 16.2. The van der Waals surface area contributed by atoms with Gasteiger partial charge < -0.3 is 0 Å². The fourth-order valence-corrected chi connectivity index (χ4v) is 4.04. The maximum atomic E-state index is 11.7. The summed E-state index contributed by atoms with van der Waals surface area (Å²) in [7, 11) is -3.26. The van der Waals surface area contributed by atoms with Crippen LogP contribution in [0.1, 0.15) is 43.1 Å². The zero-order valence-electron chi connectivity index (χ0n) is 14.0. The third-order valence-electron chi connectivity index (χ3n) is 4.31. The van der Waals surface area contributed by atoms with Gasteiger partial charge in [0, 0.05) is 11.3 Å². The summed E-state index contributed by atoms with van der Waals surface area (Å²) < 4.78 is 28.1. The smallest absolute Gasteiger partial charge is 0.209 e. The summed E-state index contributed by atoms with van der Waals surface area (Å²) in [6.45, 7) is 6.39. The standard InChI is InChI=1S/C17H23N3O2S/c1-12-5-7-13(8-6-12)20-16-10-17(2,3)9-15(14(16)11-18-20)19-23(4,21)22/h5-8,11,15,19H,9-10H2,1-4H3/t15-/m1/s1. The van der Waals surface area contributed by atoms with E-state index in [9.17, 15) is 8.42 Å². The SMILES string of the molecule is Cc1ccc(-n2ncc3c2CC(C)(C)C[C@H]3NS(C)(=O)=O)cc1. The Kier molecular flexibility index (Phi) is 3.84. The van der Waals surface area contributed by atoms with E-state index >= 15 is 0 Å². The van der Waals surface area contributed by atoms with Crippen molar-refractivity contribution in [2.45, 2.75) is 39.7 Å². The number of rotatable bonds is 3. The Hall–Kier alpha value is -1.66. The van der Waals surface area contributed by atoms with Crippen molar-refractivity contribution in [3.05, 3.63) is 47.3 Å². The van der Waals surface area contributed by atoms with Gasteiger partial charge in [0.2, 0.25) is 10.0 Å². The summed E-state index contributed by atoms with van der Waals surface area (Å²) in [5.41, 5.74) is 4.29. The van der Waals surface area contributed by atoms with Crippen LogP contribution in [-0.2, 0) is 16.4 Å². The quantitative estimate of drug-likeness (QED) is 0.939. The lowest BCUT2D eigenvalue weighted by molar-refractivity contribution is 0.269. The first-order valence-corrected chi connectivity index (χ1v) is 9.65. The Morgan fingerprint density at radius 1 is 1.26 bits per heavy atom. The summed E-state index contributed by atoms with van der Waals surface area (Å²) in [5, 5.41) is 4.53. The number of sulfonamides is 1. The number of nitrogens with one attached hydrogen (secondary N) is 1. The molecule has 23 heavy (non-hydrogen) atoms. The van der Waals surface area contributed by atoms with Crippen molar-refractivity contribution in [1.82, 2.24) is 14.5 Å². The van der Waals surface area contributed by atoms with Crippen LogP contribution in [-0.4, -0.2) is 24.5 Å². The van der Waals surface area contributed by atoms with Crippen LogP contribution in [0.25, 0.3) is 5.69 Å². The van der Waals surface area contributed by atoms with Gasteiger partial charge in [0.25, 0.3) is 0 Å². The van der Waals surface area contributed by atoms with Gasteiger partial charge >= 0.3 is 0 Å². The number of hydrogen-bond donors (Lipinski definition) is 1. The molecule has 0 radical (unpaired) electrons. The van der Waals surface area contributed by atoms with Crippen LogP contribution in [0.2, 0.25) is 0 Å². The van der Waals surface area contributed by atoms with Crippen LogP contribution in [0, 0.1) is 12.3 Å². The lowest BCUT2D eigenvalue weighted by Crippen LogP contribution is -2.36. The minimum atomic E-state index is -3.26. The molecule has 0 spiro atoms. The van der Waals surface area contributed by atoms with Crippen molar-refractivity contribution in [2.24, 2.45) is 5.41 Å². The van der Waals surface area contributed by atoms with E-state index in [2.05, 4.69) is 42.7 Å². The molecule has 124 valence electrons. The summed E-state index contributed by atoms with van der Waals surface area (Å²) in [4.78, 5) is 0. The summed E-state index contributed by atoms with van der Waals surface area (Å²) in [5.74, 6) is 0. The Morgan fingerprint density at radius 3 is 2.52 bits per heavy atom. The molecule has 0 saturated heterocycles. The van der Waals surface area contributed by atoms with Gasteiger partial charge in [-0.25, -0.2) is 17.8 Å². The molecule has 1 aromatic carbocycles. The predicted octanol–water partition coefficient (Wildman–Crippen LogP) is 2.74. The maximum absolute atomic E-state index is 11.7. The van der Waals surface area contributed by atoms with Crippen molar-refractivity contribution in [2.75, 3.05) is 6.26 Å². The fourth-order valence-electron chi connectivity index (χ4n) is 3.31. The molecule has 0 bridgehead atoms. The number of aromatic nitrogens is 2. The van der Waals surface area contributed by atoms with E-state index in [0.717, 1.165) is 29.8 Å². The Morgan fingerprint density at radius 2 is 1.91 bits per heavy atom. The van der Waals surface area contributed by atoms with Crippen molar-refractivity contribution < 1.29 is 8.42 Å². The molecule has 0 amide bonds. The number of benzene rings is 1. The van der Waals surface area contributed by atoms with E-state index in [-0.39, 0.29) is 11.5 Å². The number of hydrogen-bond acceptors (Lipinski definition) is 3. The van der Waals surface area contributed by atoms with E-state index in [1.54, 1.807) is 6.20 Å². The summed E-state index contributed by atoms with van der Waals surface area (Å²) in [6.07, 6.45) is 4.65. The maximum Gasteiger partial charge on any atom is 0.209 e. The molecule has 1 heterocycles. The molecule has 0 aliphatic heterocycles. The molecule has 0 saturated carbocycles. The molecule has 1 aromatic heterocycles. The van der Waals surface area contributed by atoms with Crippen LogP contribution in [0.3, 0.4) is 0 Å². The minimum Gasteiger partial charge on any atom is -0.237 e. The zero-order chi connectivity index (χ0) is 16.8. The molecule has 6 heteroatoms. The van der Waals surface area contributed by atoms with E-state index in [1.165, 1.54) is 11.8 Å². The molecule has 1 aliphatic rings. The lowest BCUT2D eigenvalue weighted by atomic mass is 9.74.